The van der Waals surface area contributed by atoms with Gasteiger partial charge in [0.05, 0.1) is 0 Å². The zero-order valence-electron chi connectivity index (χ0n) is 9.12. The number of hydrogen-bond acceptors (Lipinski definition) is 1. The van der Waals surface area contributed by atoms with Gasteiger partial charge in [-0.25, -0.2) is 0 Å². The van der Waals surface area contributed by atoms with Crippen LogP contribution in [-0.4, -0.2) is 9.55 Å². The lowest BCUT2D eigenvalue weighted by Gasteiger charge is -2.12. The van der Waals surface area contributed by atoms with Crippen LogP contribution >= 0.6 is 12.2 Å². The summed E-state index contributed by atoms with van der Waals surface area (Å²) >= 11 is 5.17. The zero-order valence-corrected chi connectivity index (χ0v) is 9.94. The third-order valence-corrected chi connectivity index (χ3v) is 2.96. The topological polar surface area (TPSA) is 20.7 Å². The summed E-state index contributed by atoms with van der Waals surface area (Å²) in [5, 5.41) is 0. The Balaban J connectivity index is 2.32. The molecule has 0 aliphatic heterocycles. The first kappa shape index (κ1) is 11.5. The second kappa shape index (κ2) is 6.02. The minimum atomic E-state index is 0.533. The molecule has 1 aromatic heterocycles. The van der Waals surface area contributed by atoms with Crippen molar-refractivity contribution >= 4 is 12.2 Å². The predicted molar refractivity (Wildman–Crippen MR) is 63.1 cm³/mol. The predicted octanol–water partition coefficient (Wildman–Crippen LogP) is 4.08. The second-order valence-electron chi connectivity index (χ2n) is 3.87. The normalized spacial score (nSPS) is 13.0. The summed E-state index contributed by atoms with van der Waals surface area (Å²) < 4.78 is 2.98. The Bertz CT molecular complexity index is 300. The highest BCUT2D eigenvalue weighted by Crippen LogP contribution is 2.15. The molecular weight excluding hydrogens is 192 g/mol. The molecule has 0 bridgehead atoms. The monoisotopic (exact) mass is 212 g/mol. The molecule has 0 saturated carbocycles. The van der Waals surface area contributed by atoms with Crippen molar-refractivity contribution in [3.63, 3.8) is 0 Å². The first-order valence-corrected chi connectivity index (χ1v) is 5.92. The molecule has 0 saturated heterocycles. The maximum atomic E-state index is 5.17. The minimum absolute atomic E-state index is 0.533. The van der Waals surface area contributed by atoms with Crippen molar-refractivity contribution in [1.29, 1.82) is 0 Å². The third kappa shape index (κ3) is 3.29. The van der Waals surface area contributed by atoms with E-state index in [1.807, 2.05) is 12.4 Å². The van der Waals surface area contributed by atoms with E-state index in [-0.39, 0.29) is 0 Å². The van der Waals surface area contributed by atoms with Crippen LogP contribution in [0.25, 0.3) is 0 Å². The lowest BCUT2D eigenvalue weighted by atomic mass is 10.1. The van der Waals surface area contributed by atoms with Crippen LogP contribution in [0.3, 0.4) is 0 Å². The molecule has 0 spiro atoms. The van der Waals surface area contributed by atoms with Crippen LogP contribution in [0.2, 0.25) is 0 Å². The Morgan fingerprint density at radius 2 is 2.21 bits per heavy atom. The first-order valence-electron chi connectivity index (χ1n) is 5.51. The van der Waals surface area contributed by atoms with Gasteiger partial charge in [-0.1, -0.05) is 32.6 Å². The van der Waals surface area contributed by atoms with E-state index < -0.39 is 0 Å². The zero-order chi connectivity index (χ0) is 10.4. The largest absolute Gasteiger partial charge is 0.337 e. The maximum absolute atomic E-state index is 5.17. The van der Waals surface area contributed by atoms with Gasteiger partial charge in [0.2, 0.25) is 0 Å². The molecule has 0 aliphatic carbocycles. The molecule has 14 heavy (non-hydrogen) atoms. The molecule has 1 aromatic rings. The van der Waals surface area contributed by atoms with Gasteiger partial charge in [-0.2, -0.15) is 0 Å². The third-order valence-electron chi connectivity index (χ3n) is 2.63. The van der Waals surface area contributed by atoms with E-state index in [0.717, 1.165) is 4.77 Å². The van der Waals surface area contributed by atoms with Gasteiger partial charge in [0.15, 0.2) is 4.77 Å². The quantitative estimate of drug-likeness (QED) is 0.556. The summed E-state index contributed by atoms with van der Waals surface area (Å²) in [5.74, 6) is 0. The maximum Gasteiger partial charge on any atom is 0.177 e. The lowest BCUT2D eigenvalue weighted by Crippen LogP contribution is -2.03. The lowest BCUT2D eigenvalue weighted by molar-refractivity contribution is 0.468. The van der Waals surface area contributed by atoms with E-state index >= 15 is 0 Å². The number of aromatic amines is 1. The molecule has 0 aromatic carbocycles. The van der Waals surface area contributed by atoms with Crippen LogP contribution in [-0.2, 0) is 0 Å². The van der Waals surface area contributed by atoms with Gasteiger partial charge in [0.1, 0.15) is 0 Å². The van der Waals surface area contributed by atoms with Crippen LogP contribution in [0.15, 0.2) is 12.4 Å². The summed E-state index contributed by atoms with van der Waals surface area (Å²) in [5.41, 5.74) is 0. The van der Waals surface area contributed by atoms with Crippen LogP contribution in [0.4, 0.5) is 0 Å². The molecule has 1 rings (SSSR count). The Hall–Kier alpha value is -0.570. The van der Waals surface area contributed by atoms with E-state index in [9.17, 15) is 0 Å². The highest BCUT2D eigenvalue weighted by Gasteiger charge is 2.03. The number of hydrogen-bond donors (Lipinski definition) is 1. The standard InChI is InChI=1S/C11H20N2S/c1-3-4-5-6-7-10(2)13-9-8-12-11(13)14/h8-10H,3-7H2,1-2H3,(H,12,14). The van der Waals surface area contributed by atoms with Crippen LogP contribution in [0.1, 0.15) is 52.0 Å². The number of nitrogens with one attached hydrogen (secondary N) is 1. The van der Waals surface area contributed by atoms with Crippen LogP contribution < -0.4 is 0 Å². The molecule has 0 radical (unpaired) electrons. The van der Waals surface area contributed by atoms with Crippen LogP contribution in [0.5, 0.6) is 0 Å². The molecule has 1 heterocycles. The van der Waals surface area contributed by atoms with Gasteiger partial charge in [0.25, 0.3) is 0 Å². The summed E-state index contributed by atoms with van der Waals surface area (Å²) in [6.07, 6.45) is 10.5. The van der Waals surface area contributed by atoms with E-state index in [1.165, 1.54) is 32.1 Å². The molecular formula is C11H20N2S. The smallest absolute Gasteiger partial charge is 0.177 e. The molecule has 0 fully saturated rings. The average molecular weight is 212 g/mol. The van der Waals surface area contributed by atoms with Gasteiger partial charge in [0, 0.05) is 18.4 Å². The molecule has 0 amide bonds. The number of nitrogens with zero attached hydrogens (tertiary/aromatic N) is 1. The number of aromatic nitrogens is 2. The van der Waals surface area contributed by atoms with Crippen molar-refractivity contribution in [2.24, 2.45) is 0 Å². The van der Waals surface area contributed by atoms with Crippen LogP contribution in [0, 0.1) is 4.77 Å². The van der Waals surface area contributed by atoms with Gasteiger partial charge in [-0.15, -0.1) is 0 Å². The van der Waals surface area contributed by atoms with E-state index in [0.29, 0.717) is 6.04 Å². The van der Waals surface area contributed by atoms with Gasteiger partial charge < -0.3 is 9.55 Å². The number of unbranched alkanes of at least 4 members (excludes halogenated alkanes) is 3. The van der Waals surface area contributed by atoms with Crippen molar-refractivity contribution in [2.75, 3.05) is 0 Å². The Morgan fingerprint density at radius 1 is 1.43 bits per heavy atom. The highest BCUT2D eigenvalue weighted by molar-refractivity contribution is 7.71. The van der Waals surface area contributed by atoms with Crippen molar-refractivity contribution in [3.8, 4) is 0 Å². The Labute approximate surface area is 91.3 Å². The fourth-order valence-electron chi connectivity index (χ4n) is 1.68. The molecule has 2 nitrogen and oxygen atoms in total. The molecule has 3 heteroatoms. The molecule has 1 N–H and O–H groups in total. The van der Waals surface area contributed by atoms with Crippen molar-refractivity contribution < 1.29 is 0 Å². The molecule has 0 aliphatic rings. The fourth-order valence-corrected chi connectivity index (χ4v) is 1.99. The summed E-state index contributed by atoms with van der Waals surface area (Å²) in [6.45, 7) is 4.47. The summed E-state index contributed by atoms with van der Waals surface area (Å²) in [7, 11) is 0. The average Bonchev–Trinajstić information content (AvgIpc) is 2.59. The second-order valence-corrected chi connectivity index (χ2v) is 4.26. The molecule has 80 valence electrons. The van der Waals surface area contributed by atoms with Gasteiger partial charge >= 0.3 is 0 Å². The minimum Gasteiger partial charge on any atom is -0.337 e. The van der Waals surface area contributed by atoms with Crippen molar-refractivity contribution in [3.05, 3.63) is 17.2 Å². The Morgan fingerprint density at radius 3 is 2.79 bits per heavy atom. The van der Waals surface area contributed by atoms with Crippen molar-refractivity contribution in [1.82, 2.24) is 9.55 Å². The van der Waals surface area contributed by atoms with Gasteiger partial charge in [-0.3, -0.25) is 0 Å². The van der Waals surface area contributed by atoms with E-state index in [2.05, 4.69) is 23.4 Å². The van der Waals surface area contributed by atoms with Crippen molar-refractivity contribution in [2.45, 2.75) is 52.0 Å². The highest BCUT2D eigenvalue weighted by atomic mass is 32.1. The molecule has 1 unspecified atom stereocenters. The summed E-state index contributed by atoms with van der Waals surface area (Å²) in [4.78, 5) is 3.03. The first-order chi connectivity index (χ1) is 6.75. The SMILES string of the molecule is CCCCCCC(C)n1cc[nH]c1=S. The number of imidazole rings is 1. The fraction of sp³-hybridized carbons (Fsp3) is 0.727. The Kier molecular flexibility index (Phi) is 4.94. The van der Waals surface area contributed by atoms with Gasteiger partial charge in [-0.05, 0) is 25.6 Å². The van der Waals surface area contributed by atoms with E-state index in [1.54, 1.807) is 0 Å². The number of rotatable bonds is 6. The summed E-state index contributed by atoms with van der Waals surface area (Å²) in [6, 6.07) is 0.533. The number of H-pyrrole nitrogens is 1. The molecule has 1 atom stereocenters. The van der Waals surface area contributed by atoms with E-state index in [4.69, 9.17) is 12.2 Å².